The first-order valence-corrected chi connectivity index (χ1v) is 9.30. The van der Waals surface area contributed by atoms with E-state index in [-0.39, 0.29) is 41.2 Å². The molecule has 0 aliphatic heterocycles. The Labute approximate surface area is 174 Å². The van der Waals surface area contributed by atoms with Crippen LogP contribution in [0.3, 0.4) is 0 Å². The summed E-state index contributed by atoms with van der Waals surface area (Å²) in [5, 5.41) is 9.53. The molecule has 0 atom stereocenters. The van der Waals surface area contributed by atoms with Crippen molar-refractivity contribution in [2.45, 2.75) is 46.0 Å². The molecule has 1 aliphatic carbocycles. The number of halogens is 1. The standard InChI is InChI=1S/C20H32N4O.HI/c1-5-21-19(23-13-12-22-18(25)16-10-11-16)24-14-20(3,4)17-9-7-6-8-15(17)2;/h6-9,16H,5,10-14H2,1-4H3,(H,22,25)(H2,21,23,24);1H. The van der Waals surface area contributed by atoms with Crippen LogP contribution in [0, 0.1) is 12.8 Å². The Hall–Kier alpha value is -1.31. The van der Waals surface area contributed by atoms with Crippen LogP contribution in [0.15, 0.2) is 29.3 Å². The maximum Gasteiger partial charge on any atom is 0.223 e. The molecule has 2 rings (SSSR count). The Kier molecular flexibility index (Phi) is 9.39. The van der Waals surface area contributed by atoms with Crippen LogP contribution in [0.1, 0.15) is 44.7 Å². The number of nitrogens with one attached hydrogen (secondary N) is 3. The van der Waals surface area contributed by atoms with Gasteiger partial charge in [0.05, 0.1) is 6.54 Å². The number of guanidine groups is 1. The van der Waals surface area contributed by atoms with Gasteiger partial charge in [0.15, 0.2) is 5.96 Å². The molecule has 1 aromatic carbocycles. The van der Waals surface area contributed by atoms with Gasteiger partial charge in [-0.25, -0.2) is 0 Å². The average Bonchev–Trinajstić information content (AvgIpc) is 3.41. The molecule has 1 aromatic rings. The third-order valence-corrected chi connectivity index (χ3v) is 4.52. The number of carbonyl (C=O) groups excluding carboxylic acids is 1. The number of rotatable bonds is 8. The molecule has 6 heteroatoms. The zero-order valence-electron chi connectivity index (χ0n) is 16.4. The van der Waals surface area contributed by atoms with Crippen LogP contribution < -0.4 is 16.0 Å². The largest absolute Gasteiger partial charge is 0.357 e. The fraction of sp³-hybridized carbons (Fsp3) is 0.600. The summed E-state index contributed by atoms with van der Waals surface area (Å²) in [5.41, 5.74) is 2.59. The molecule has 0 saturated heterocycles. The molecule has 0 aromatic heterocycles. The van der Waals surface area contributed by atoms with Crippen LogP contribution in [-0.4, -0.2) is 38.0 Å². The number of amides is 1. The first-order valence-electron chi connectivity index (χ1n) is 9.30. The van der Waals surface area contributed by atoms with E-state index in [1.54, 1.807) is 0 Å². The normalized spacial score (nSPS) is 14.4. The van der Waals surface area contributed by atoms with E-state index in [0.717, 1.165) is 25.3 Å². The van der Waals surface area contributed by atoms with Crippen molar-refractivity contribution >= 4 is 35.8 Å². The SMILES string of the molecule is CCNC(=NCC(C)(C)c1ccccc1C)NCCNC(=O)C1CC1.I. The summed E-state index contributed by atoms with van der Waals surface area (Å²) in [4.78, 5) is 16.4. The first-order chi connectivity index (χ1) is 11.9. The number of hydrogen-bond donors (Lipinski definition) is 3. The smallest absolute Gasteiger partial charge is 0.223 e. The molecular weight excluding hydrogens is 439 g/mol. The van der Waals surface area contributed by atoms with Crippen LogP contribution in [0.2, 0.25) is 0 Å². The van der Waals surface area contributed by atoms with Crippen molar-refractivity contribution in [3.63, 3.8) is 0 Å². The maximum atomic E-state index is 11.6. The lowest BCUT2D eigenvalue weighted by molar-refractivity contribution is -0.122. The van der Waals surface area contributed by atoms with Crippen LogP contribution in [0.4, 0.5) is 0 Å². The molecule has 1 saturated carbocycles. The van der Waals surface area contributed by atoms with Gasteiger partial charge in [-0.3, -0.25) is 9.79 Å². The zero-order valence-corrected chi connectivity index (χ0v) is 18.7. The second kappa shape index (κ2) is 10.7. The van der Waals surface area contributed by atoms with E-state index in [0.29, 0.717) is 19.6 Å². The average molecular weight is 472 g/mol. The van der Waals surface area contributed by atoms with Crippen LogP contribution in [0.25, 0.3) is 0 Å². The highest BCUT2D eigenvalue weighted by molar-refractivity contribution is 14.0. The number of aliphatic imine (C=N–C) groups is 1. The molecule has 1 fully saturated rings. The van der Waals surface area contributed by atoms with Gasteiger partial charge in [-0.1, -0.05) is 38.1 Å². The minimum atomic E-state index is -0.0338. The molecule has 1 amide bonds. The molecule has 3 N–H and O–H groups in total. The molecule has 0 heterocycles. The zero-order chi connectivity index (χ0) is 18.3. The van der Waals surface area contributed by atoms with Crippen molar-refractivity contribution in [3.05, 3.63) is 35.4 Å². The van der Waals surface area contributed by atoms with Gasteiger partial charge >= 0.3 is 0 Å². The quantitative estimate of drug-likeness (QED) is 0.236. The highest BCUT2D eigenvalue weighted by atomic mass is 127. The van der Waals surface area contributed by atoms with Gasteiger partial charge in [0, 0.05) is 31.0 Å². The molecule has 26 heavy (non-hydrogen) atoms. The lowest BCUT2D eigenvalue weighted by atomic mass is 9.82. The van der Waals surface area contributed by atoms with Crippen LogP contribution in [-0.2, 0) is 10.2 Å². The first kappa shape index (κ1) is 22.7. The summed E-state index contributed by atoms with van der Waals surface area (Å²) in [7, 11) is 0. The second-order valence-electron chi connectivity index (χ2n) is 7.39. The Morgan fingerprint density at radius 1 is 1.15 bits per heavy atom. The fourth-order valence-corrected chi connectivity index (χ4v) is 2.89. The Balaban J connectivity index is 0.00000338. The predicted octanol–water partition coefficient (Wildman–Crippen LogP) is 2.97. The Bertz CT molecular complexity index is 612. The highest BCUT2D eigenvalue weighted by Gasteiger charge is 2.29. The van der Waals surface area contributed by atoms with Crippen molar-refractivity contribution in [2.24, 2.45) is 10.9 Å². The van der Waals surface area contributed by atoms with Gasteiger partial charge in [-0.2, -0.15) is 0 Å². The van der Waals surface area contributed by atoms with E-state index >= 15 is 0 Å². The van der Waals surface area contributed by atoms with E-state index in [4.69, 9.17) is 4.99 Å². The summed E-state index contributed by atoms with van der Waals surface area (Å²) in [5.74, 6) is 1.24. The van der Waals surface area contributed by atoms with E-state index in [2.05, 4.69) is 67.9 Å². The predicted molar refractivity (Wildman–Crippen MR) is 119 cm³/mol. The monoisotopic (exact) mass is 472 g/mol. The highest BCUT2D eigenvalue weighted by Crippen LogP contribution is 2.28. The minimum absolute atomic E-state index is 0. The molecule has 0 spiro atoms. The van der Waals surface area contributed by atoms with Crippen molar-refractivity contribution in [1.29, 1.82) is 0 Å². The van der Waals surface area contributed by atoms with Gasteiger partial charge in [-0.05, 0) is 37.8 Å². The topological polar surface area (TPSA) is 65.5 Å². The minimum Gasteiger partial charge on any atom is -0.357 e. The molecule has 0 radical (unpaired) electrons. The fourth-order valence-electron chi connectivity index (χ4n) is 2.89. The number of nitrogens with zero attached hydrogens (tertiary/aromatic N) is 1. The van der Waals surface area contributed by atoms with Gasteiger partial charge < -0.3 is 16.0 Å². The van der Waals surface area contributed by atoms with Gasteiger partial charge in [0.1, 0.15) is 0 Å². The summed E-state index contributed by atoms with van der Waals surface area (Å²) in [6.45, 7) is 11.4. The van der Waals surface area contributed by atoms with E-state index < -0.39 is 0 Å². The van der Waals surface area contributed by atoms with Crippen LogP contribution in [0.5, 0.6) is 0 Å². The number of hydrogen-bond acceptors (Lipinski definition) is 2. The maximum absolute atomic E-state index is 11.6. The Morgan fingerprint density at radius 3 is 2.42 bits per heavy atom. The molecule has 146 valence electrons. The van der Waals surface area contributed by atoms with Crippen molar-refractivity contribution in [3.8, 4) is 0 Å². The third-order valence-electron chi connectivity index (χ3n) is 4.52. The number of aryl methyl sites for hydroxylation is 1. The molecule has 5 nitrogen and oxygen atoms in total. The van der Waals surface area contributed by atoms with Gasteiger partial charge in [-0.15, -0.1) is 24.0 Å². The molecular formula is C20H33IN4O. The summed E-state index contributed by atoms with van der Waals surface area (Å²) in [6, 6.07) is 8.48. The van der Waals surface area contributed by atoms with E-state index in [9.17, 15) is 4.79 Å². The molecule has 1 aliphatic rings. The summed E-state index contributed by atoms with van der Waals surface area (Å²) in [6.07, 6.45) is 2.08. The van der Waals surface area contributed by atoms with Crippen molar-refractivity contribution in [1.82, 2.24) is 16.0 Å². The van der Waals surface area contributed by atoms with Crippen molar-refractivity contribution in [2.75, 3.05) is 26.2 Å². The Morgan fingerprint density at radius 2 is 1.81 bits per heavy atom. The van der Waals surface area contributed by atoms with Crippen LogP contribution >= 0.6 is 24.0 Å². The van der Waals surface area contributed by atoms with Crippen molar-refractivity contribution < 1.29 is 4.79 Å². The van der Waals surface area contributed by atoms with Gasteiger partial charge in [0.2, 0.25) is 5.91 Å². The second-order valence-corrected chi connectivity index (χ2v) is 7.39. The van der Waals surface area contributed by atoms with E-state index in [1.165, 1.54) is 11.1 Å². The lowest BCUT2D eigenvalue weighted by Crippen LogP contribution is -2.42. The molecule has 0 unspecified atom stereocenters. The lowest BCUT2D eigenvalue weighted by Gasteiger charge is -2.25. The number of benzene rings is 1. The number of carbonyl (C=O) groups is 1. The third kappa shape index (κ3) is 7.13. The summed E-state index contributed by atoms with van der Waals surface area (Å²) >= 11 is 0. The molecule has 0 bridgehead atoms. The van der Waals surface area contributed by atoms with Gasteiger partial charge in [0.25, 0.3) is 0 Å². The summed E-state index contributed by atoms with van der Waals surface area (Å²) < 4.78 is 0. The van der Waals surface area contributed by atoms with E-state index in [1.807, 2.05) is 0 Å².